The molecule has 12 rings (SSSR count). The summed E-state index contributed by atoms with van der Waals surface area (Å²) < 4.78 is 48.2. The van der Waals surface area contributed by atoms with Gasteiger partial charge in [0.15, 0.2) is 5.82 Å². The lowest BCUT2D eigenvalue weighted by Crippen LogP contribution is -2.56. The molecule has 6 fully saturated rings. The van der Waals surface area contributed by atoms with Crippen molar-refractivity contribution in [1.82, 2.24) is 39.2 Å². The fourth-order valence-electron chi connectivity index (χ4n) is 12.4. The minimum absolute atomic E-state index is 0.0216. The third kappa shape index (κ3) is 8.51. The molecule has 3 aromatic heterocycles. The van der Waals surface area contributed by atoms with Crippen molar-refractivity contribution < 1.29 is 33.0 Å². The van der Waals surface area contributed by atoms with E-state index in [2.05, 4.69) is 29.9 Å². The second-order valence-electron chi connectivity index (χ2n) is 21.4. The van der Waals surface area contributed by atoms with E-state index in [9.17, 15) is 19.5 Å². The molecule has 1 saturated carbocycles. The highest BCUT2D eigenvalue weighted by Gasteiger charge is 2.46. The monoisotopic (exact) mass is 984 g/mol. The van der Waals surface area contributed by atoms with E-state index in [4.69, 9.17) is 19.4 Å². The van der Waals surface area contributed by atoms with E-state index < -0.39 is 23.6 Å². The number of nitrogens with zero attached hydrogens (tertiary/aromatic N) is 9. The summed E-state index contributed by atoms with van der Waals surface area (Å²) in [4.78, 5) is 61.9. The second kappa shape index (κ2) is 18.4. The summed E-state index contributed by atoms with van der Waals surface area (Å²) in [6, 6.07) is 11.4. The summed E-state index contributed by atoms with van der Waals surface area (Å²) >= 11 is 0. The lowest BCUT2D eigenvalue weighted by Gasteiger charge is -2.48. The van der Waals surface area contributed by atoms with Gasteiger partial charge in [-0.3, -0.25) is 33.9 Å². The molecule has 5 saturated heterocycles. The van der Waals surface area contributed by atoms with Gasteiger partial charge in [-0.2, -0.15) is 9.97 Å². The van der Waals surface area contributed by atoms with Crippen LogP contribution in [-0.2, 0) is 27.8 Å². The highest BCUT2D eigenvalue weighted by Crippen LogP contribution is 2.48. The number of phenols is 1. The molecule has 1 aliphatic carbocycles. The van der Waals surface area contributed by atoms with E-state index in [0.717, 1.165) is 122 Å². The maximum Gasteiger partial charge on any atom is 0.329 e. The van der Waals surface area contributed by atoms with Gasteiger partial charge in [-0.05, 0) is 123 Å². The number of benzene rings is 3. The first kappa shape index (κ1) is 46.8. The van der Waals surface area contributed by atoms with Crippen LogP contribution in [0, 0.1) is 23.0 Å². The molecule has 6 aliphatic rings. The number of aryl methyl sites for hydroxylation is 2. The normalized spacial score (nSPS) is 23.1. The van der Waals surface area contributed by atoms with Gasteiger partial charge in [-0.25, -0.2) is 13.6 Å². The number of hydrogen-bond donors (Lipinski definition) is 2. The molecule has 378 valence electrons. The number of aromatic nitrogens is 5. The van der Waals surface area contributed by atoms with Crippen molar-refractivity contribution in [2.24, 2.45) is 18.4 Å². The molecule has 0 bridgehead atoms. The van der Waals surface area contributed by atoms with Gasteiger partial charge in [0.1, 0.15) is 34.6 Å². The van der Waals surface area contributed by atoms with Gasteiger partial charge in [0, 0.05) is 95.1 Å². The molecule has 5 aliphatic heterocycles. The summed E-state index contributed by atoms with van der Waals surface area (Å²) in [6.07, 6.45) is 9.63. The van der Waals surface area contributed by atoms with Crippen molar-refractivity contribution in [3.63, 3.8) is 0 Å². The molecule has 1 spiro atoms. The summed E-state index contributed by atoms with van der Waals surface area (Å²) in [6.45, 7) is 12.0. The van der Waals surface area contributed by atoms with Crippen LogP contribution in [0.25, 0.3) is 44.0 Å². The van der Waals surface area contributed by atoms with E-state index in [-0.39, 0.29) is 52.0 Å². The molecule has 3 aromatic carbocycles. The zero-order valence-electron chi connectivity index (χ0n) is 41.1. The Morgan fingerprint density at radius 2 is 1.69 bits per heavy atom. The van der Waals surface area contributed by atoms with Crippen molar-refractivity contribution in [1.29, 1.82) is 0 Å². The van der Waals surface area contributed by atoms with Gasteiger partial charge < -0.3 is 29.3 Å². The van der Waals surface area contributed by atoms with Gasteiger partial charge in [-0.15, -0.1) is 0 Å². The van der Waals surface area contributed by atoms with Crippen LogP contribution in [0.2, 0.25) is 0 Å². The Labute approximate surface area is 415 Å². The number of rotatable bonds is 12. The summed E-state index contributed by atoms with van der Waals surface area (Å²) in [5.41, 5.74) is 2.75. The van der Waals surface area contributed by atoms with E-state index in [1.807, 2.05) is 25.1 Å². The van der Waals surface area contributed by atoms with Crippen molar-refractivity contribution in [3.05, 3.63) is 76.3 Å². The quantitative estimate of drug-likeness (QED) is 0.128. The number of imidazole rings is 1. The molecule has 72 heavy (non-hydrogen) atoms. The van der Waals surface area contributed by atoms with Gasteiger partial charge in [0.25, 0.3) is 0 Å². The number of nitrogens with one attached hydrogen (secondary N) is 1. The Bertz CT molecular complexity index is 3190. The van der Waals surface area contributed by atoms with E-state index >= 15 is 8.78 Å². The molecule has 2 atom stereocenters. The SMILES string of the molecule is CCc1c(F)ccc2cc(O)cc(-c3ncc4c(N5CCC[C@]6(CCO6)C5)nc(OCC5(CN6CCC(CN7CCN(c8ccc9c(c8)n(C)c(=O)n9C8CCC(=O)NC8=O)CC7)CC6)CC5)nc4c3F)c12. The van der Waals surface area contributed by atoms with Crippen LogP contribution in [0.3, 0.4) is 0 Å². The Kier molecular flexibility index (Phi) is 11.9. The number of likely N-dealkylation sites (tertiary alicyclic amines) is 1. The van der Waals surface area contributed by atoms with Crippen LogP contribution in [0.5, 0.6) is 11.8 Å². The third-order valence-corrected chi connectivity index (χ3v) is 16.8. The van der Waals surface area contributed by atoms with Crippen LogP contribution in [0.1, 0.15) is 76.3 Å². The number of imide groups is 1. The Hall–Kier alpha value is -6.24. The minimum atomic E-state index is -0.705. The average Bonchev–Trinajstić information content (AvgIpc) is 4.10. The fraction of sp³-hybridized carbons (Fsp3) is 0.519. The first-order valence-electron chi connectivity index (χ1n) is 25.9. The highest BCUT2D eigenvalue weighted by molar-refractivity contribution is 6.02. The van der Waals surface area contributed by atoms with E-state index in [0.29, 0.717) is 70.5 Å². The zero-order valence-corrected chi connectivity index (χ0v) is 41.1. The van der Waals surface area contributed by atoms with Crippen molar-refractivity contribution in [3.8, 4) is 23.0 Å². The Morgan fingerprint density at radius 3 is 2.43 bits per heavy atom. The van der Waals surface area contributed by atoms with E-state index in [1.54, 1.807) is 29.9 Å². The fourth-order valence-corrected chi connectivity index (χ4v) is 12.4. The molecule has 2 amide bonds. The molecule has 8 heterocycles. The summed E-state index contributed by atoms with van der Waals surface area (Å²) in [7, 11) is 1.73. The van der Waals surface area contributed by atoms with Gasteiger partial charge >= 0.3 is 11.7 Å². The van der Waals surface area contributed by atoms with Crippen LogP contribution < -0.4 is 25.5 Å². The number of fused-ring (bicyclic) bond motifs is 3. The number of phenolic OH excluding ortho intramolecular Hbond substituents is 1. The standard InChI is InChI=1S/C54H62F2N10O6/c1-3-37-40(55)7-5-34-25-36(67)27-38(45(34)37)47-46(56)48-39(28-57-47)49(65-17-4-13-54(31-65)16-24-72-54)60-51(59-48)71-32-53(14-15-53)30-63-18-11-33(12-19-63)29-62-20-22-64(23-21-62)35-6-8-41-43(26-35)61(2)52(70)66(41)42-9-10-44(68)58-50(42)69/h5-8,25-28,33,42,67H,3-4,9-24,29-32H2,1-2H3,(H,58,68,69)/t42?,54-/m0/s1. The number of aromatic hydroxyl groups is 1. The van der Waals surface area contributed by atoms with Crippen LogP contribution in [0.15, 0.2) is 53.5 Å². The topological polar surface area (TPSA) is 163 Å². The molecule has 0 radical (unpaired) electrons. The number of halogens is 2. The predicted octanol–water partition coefficient (Wildman–Crippen LogP) is 6.47. The minimum Gasteiger partial charge on any atom is -0.508 e. The molecular formula is C54H62F2N10O6. The highest BCUT2D eigenvalue weighted by atomic mass is 19.1. The number of carbonyl (C=O) groups excluding carboxylic acids is 2. The second-order valence-corrected chi connectivity index (χ2v) is 21.4. The molecule has 16 nitrogen and oxygen atoms in total. The van der Waals surface area contributed by atoms with Gasteiger partial charge in [-0.1, -0.05) is 13.0 Å². The molecule has 2 N–H and O–H groups in total. The third-order valence-electron chi connectivity index (χ3n) is 16.8. The maximum absolute atomic E-state index is 17.2. The number of ether oxygens (including phenoxy) is 2. The predicted molar refractivity (Wildman–Crippen MR) is 270 cm³/mol. The Balaban J connectivity index is 0.698. The number of amides is 2. The van der Waals surface area contributed by atoms with Crippen molar-refractivity contribution >= 4 is 56.0 Å². The average molecular weight is 985 g/mol. The number of piperidine rings is 3. The molecule has 1 unspecified atom stereocenters. The number of carbonyl (C=O) groups is 2. The van der Waals surface area contributed by atoms with Crippen LogP contribution >= 0.6 is 0 Å². The number of pyridine rings is 1. The van der Waals surface area contributed by atoms with E-state index in [1.165, 1.54) is 16.7 Å². The molecule has 18 heteroatoms. The first-order chi connectivity index (χ1) is 34.9. The maximum atomic E-state index is 17.2. The van der Waals surface area contributed by atoms with Gasteiger partial charge in [0.2, 0.25) is 11.8 Å². The van der Waals surface area contributed by atoms with Crippen molar-refractivity contribution in [2.45, 2.75) is 82.8 Å². The zero-order chi connectivity index (χ0) is 49.5. The largest absolute Gasteiger partial charge is 0.508 e. The lowest BCUT2D eigenvalue weighted by atomic mass is 9.86. The molecule has 6 aromatic rings. The molecular weight excluding hydrogens is 923 g/mol. The number of piperazine rings is 1. The lowest BCUT2D eigenvalue weighted by molar-refractivity contribution is -0.151. The smallest absolute Gasteiger partial charge is 0.329 e. The summed E-state index contributed by atoms with van der Waals surface area (Å²) in [5, 5.41) is 14.7. The van der Waals surface area contributed by atoms with Crippen molar-refractivity contribution in [2.75, 3.05) is 88.5 Å². The first-order valence-corrected chi connectivity index (χ1v) is 25.9. The number of hydrogen-bond acceptors (Lipinski definition) is 13. The Morgan fingerprint density at radius 1 is 0.889 bits per heavy atom. The van der Waals surface area contributed by atoms with Crippen LogP contribution in [0.4, 0.5) is 20.3 Å². The van der Waals surface area contributed by atoms with Gasteiger partial charge in [0.05, 0.1) is 35.2 Å². The van der Waals surface area contributed by atoms with Crippen LogP contribution in [-0.4, -0.2) is 135 Å². The summed E-state index contributed by atoms with van der Waals surface area (Å²) in [5.74, 6) is -0.706. The number of anilines is 2.